The third kappa shape index (κ3) is 4.52. The molecule has 4 heteroatoms. The summed E-state index contributed by atoms with van der Waals surface area (Å²) in [6.07, 6.45) is 0. The maximum absolute atomic E-state index is 13.1. The summed E-state index contributed by atoms with van der Waals surface area (Å²) in [6.45, 7) is 4.04. The van der Waals surface area contributed by atoms with Gasteiger partial charge in [-0.1, -0.05) is 78.9 Å². The van der Waals surface area contributed by atoms with Crippen LogP contribution in [0, 0.1) is 13.8 Å². The predicted molar refractivity (Wildman–Crippen MR) is 138 cm³/mol. The summed E-state index contributed by atoms with van der Waals surface area (Å²) < 4.78 is 1.83. The molecule has 0 aliphatic carbocycles. The Bertz CT molecular complexity index is 1420. The highest BCUT2D eigenvalue weighted by atomic mass is 16.1. The molecule has 0 aliphatic rings. The highest BCUT2D eigenvalue weighted by Gasteiger charge is 2.17. The Morgan fingerprint density at radius 2 is 1.24 bits per heavy atom. The molecule has 0 fully saturated rings. The van der Waals surface area contributed by atoms with Crippen molar-refractivity contribution in [2.24, 2.45) is 0 Å². The average molecular weight is 444 g/mol. The number of nitrogens with zero attached hydrogens (tertiary/aromatic N) is 2. The number of nitrogens with one attached hydrogen (secondary N) is 1. The number of carbonyl (C=O) groups excluding carboxylic acids is 1. The van der Waals surface area contributed by atoms with E-state index < -0.39 is 0 Å². The van der Waals surface area contributed by atoms with Crippen LogP contribution >= 0.6 is 0 Å². The van der Waals surface area contributed by atoms with Gasteiger partial charge >= 0.3 is 0 Å². The summed E-state index contributed by atoms with van der Waals surface area (Å²) in [5.74, 6) is -0.234. The Hall–Kier alpha value is -4.44. The molecule has 0 spiro atoms. The second kappa shape index (κ2) is 9.20. The number of hydrogen-bond acceptors (Lipinski definition) is 2. The van der Waals surface area contributed by atoms with Crippen LogP contribution in [0.15, 0.2) is 109 Å². The number of para-hydroxylation sites is 1. The van der Waals surface area contributed by atoms with Gasteiger partial charge in [-0.25, -0.2) is 4.68 Å². The van der Waals surface area contributed by atoms with Crippen LogP contribution in [0.2, 0.25) is 0 Å². The van der Waals surface area contributed by atoms with Crippen molar-refractivity contribution in [1.82, 2.24) is 9.78 Å². The predicted octanol–water partition coefficient (Wildman–Crippen LogP) is 7.08. The summed E-state index contributed by atoms with van der Waals surface area (Å²) in [6, 6.07) is 36.4. The van der Waals surface area contributed by atoms with Crippen molar-refractivity contribution in [2.75, 3.05) is 5.32 Å². The quantitative estimate of drug-likeness (QED) is 0.316. The first-order valence-corrected chi connectivity index (χ1v) is 11.3. The molecule has 0 atom stereocenters. The van der Waals surface area contributed by atoms with Crippen molar-refractivity contribution in [3.05, 3.63) is 126 Å². The van der Waals surface area contributed by atoms with Gasteiger partial charge in [-0.15, -0.1) is 0 Å². The molecule has 0 bridgehead atoms. The number of hydrogen-bond donors (Lipinski definition) is 1. The van der Waals surface area contributed by atoms with E-state index in [2.05, 4.69) is 52.9 Å². The van der Waals surface area contributed by atoms with Crippen LogP contribution in [0.25, 0.3) is 28.1 Å². The molecule has 1 aromatic heterocycles. The highest BCUT2D eigenvalue weighted by molar-refractivity contribution is 6.03. The molecule has 34 heavy (non-hydrogen) atoms. The molecule has 1 N–H and O–H groups in total. The number of benzene rings is 4. The van der Waals surface area contributed by atoms with Crippen molar-refractivity contribution < 1.29 is 4.79 Å². The molecule has 0 aliphatic heterocycles. The summed E-state index contributed by atoms with van der Waals surface area (Å²) >= 11 is 0. The van der Waals surface area contributed by atoms with E-state index in [-0.39, 0.29) is 5.91 Å². The van der Waals surface area contributed by atoms with Crippen molar-refractivity contribution in [3.8, 4) is 28.1 Å². The molecule has 5 rings (SSSR count). The highest BCUT2D eigenvalue weighted by Crippen LogP contribution is 2.28. The van der Waals surface area contributed by atoms with Gasteiger partial charge in [0, 0.05) is 11.3 Å². The Kier molecular flexibility index (Phi) is 5.79. The number of aromatic nitrogens is 2. The fraction of sp³-hybridized carbons (Fsp3) is 0.0667. The van der Waals surface area contributed by atoms with Crippen molar-refractivity contribution >= 4 is 11.6 Å². The zero-order valence-corrected chi connectivity index (χ0v) is 19.2. The van der Waals surface area contributed by atoms with Crippen LogP contribution in [0.3, 0.4) is 0 Å². The molecular weight excluding hydrogens is 418 g/mol. The lowest BCUT2D eigenvalue weighted by molar-refractivity contribution is 0.102. The van der Waals surface area contributed by atoms with Gasteiger partial charge in [-0.2, -0.15) is 5.10 Å². The third-order valence-corrected chi connectivity index (χ3v) is 5.71. The number of anilines is 1. The molecule has 4 nitrogen and oxygen atoms in total. The monoisotopic (exact) mass is 443 g/mol. The maximum atomic E-state index is 13.1. The summed E-state index contributed by atoms with van der Waals surface area (Å²) in [5.41, 5.74) is 8.39. The van der Waals surface area contributed by atoms with Crippen molar-refractivity contribution in [1.29, 1.82) is 0 Å². The molecule has 5 aromatic rings. The smallest absolute Gasteiger partial charge is 0.276 e. The molecule has 0 saturated heterocycles. The van der Waals surface area contributed by atoms with E-state index in [1.807, 2.05) is 85.3 Å². The van der Waals surface area contributed by atoms with Crippen LogP contribution in [-0.4, -0.2) is 15.7 Å². The van der Waals surface area contributed by atoms with E-state index in [0.29, 0.717) is 5.69 Å². The Balaban J connectivity index is 1.52. The minimum absolute atomic E-state index is 0.234. The van der Waals surface area contributed by atoms with E-state index in [4.69, 9.17) is 0 Å². The fourth-order valence-corrected chi connectivity index (χ4v) is 4.17. The minimum Gasteiger partial charge on any atom is -0.321 e. The zero-order valence-electron chi connectivity index (χ0n) is 19.2. The lowest BCUT2D eigenvalue weighted by atomic mass is 10.0. The van der Waals surface area contributed by atoms with Gasteiger partial charge in [-0.3, -0.25) is 4.79 Å². The molecule has 1 heterocycles. The summed E-state index contributed by atoms with van der Waals surface area (Å²) in [4.78, 5) is 13.1. The lowest BCUT2D eigenvalue weighted by Crippen LogP contribution is -2.13. The van der Waals surface area contributed by atoms with Crippen LogP contribution in [0.1, 0.15) is 21.6 Å². The average Bonchev–Trinajstić information content (AvgIpc) is 3.30. The number of amides is 1. The van der Waals surface area contributed by atoms with E-state index in [1.165, 1.54) is 5.56 Å². The molecule has 0 radical (unpaired) electrons. The Morgan fingerprint density at radius 1 is 0.676 bits per heavy atom. The van der Waals surface area contributed by atoms with Crippen LogP contribution < -0.4 is 5.32 Å². The molecule has 166 valence electrons. The van der Waals surface area contributed by atoms with Gasteiger partial charge in [0.2, 0.25) is 0 Å². The number of carbonyl (C=O) groups is 1. The third-order valence-electron chi connectivity index (χ3n) is 5.71. The van der Waals surface area contributed by atoms with Gasteiger partial charge in [0.05, 0.1) is 11.4 Å². The van der Waals surface area contributed by atoms with Gasteiger partial charge in [0.15, 0.2) is 5.69 Å². The van der Waals surface area contributed by atoms with Gasteiger partial charge in [0.1, 0.15) is 0 Å². The van der Waals surface area contributed by atoms with Crippen LogP contribution in [-0.2, 0) is 0 Å². The van der Waals surface area contributed by atoms with Crippen molar-refractivity contribution in [3.63, 3.8) is 0 Å². The van der Waals surface area contributed by atoms with E-state index in [0.717, 1.165) is 39.3 Å². The standard InChI is InChI=1S/C30H25N3O/c1-21-17-22(2)19-26(18-21)31-30(34)28-20-29(33(32-28)27-11-7-4-8-12-27)25-15-13-24(14-16-25)23-9-5-3-6-10-23/h3-20H,1-2H3,(H,31,34). The van der Waals surface area contributed by atoms with Crippen LogP contribution in [0.4, 0.5) is 5.69 Å². The first-order valence-electron chi connectivity index (χ1n) is 11.3. The molecule has 0 unspecified atom stereocenters. The zero-order chi connectivity index (χ0) is 23.5. The van der Waals surface area contributed by atoms with E-state index in [9.17, 15) is 4.79 Å². The van der Waals surface area contributed by atoms with Gasteiger partial charge in [-0.05, 0) is 66.4 Å². The first kappa shape index (κ1) is 21.4. The number of rotatable bonds is 5. The molecule has 0 saturated carbocycles. The maximum Gasteiger partial charge on any atom is 0.276 e. The largest absolute Gasteiger partial charge is 0.321 e. The fourth-order valence-electron chi connectivity index (χ4n) is 4.17. The van der Waals surface area contributed by atoms with Crippen LogP contribution in [0.5, 0.6) is 0 Å². The van der Waals surface area contributed by atoms with E-state index >= 15 is 0 Å². The minimum atomic E-state index is -0.234. The first-order chi connectivity index (χ1) is 16.6. The normalized spacial score (nSPS) is 10.8. The summed E-state index contributed by atoms with van der Waals surface area (Å²) in [5, 5.41) is 7.68. The Labute approximate surface area is 199 Å². The van der Waals surface area contributed by atoms with Gasteiger partial charge < -0.3 is 5.32 Å². The molecule has 4 aromatic carbocycles. The topological polar surface area (TPSA) is 46.9 Å². The van der Waals surface area contributed by atoms with E-state index in [1.54, 1.807) is 0 Å². The molecular formula is C30H25N3O. The molecule has 1 amide bonds. The number of aryl methyl sites for hydroxylation is 2. The second-order valence-electron chi connectivity index (χ2n) is 8.44. The summed E-state index contributed by atoms with van der Waals surface area (Å²) in [7, 11) is 0. The second-order valence-corrected chi connectivity index (χ2v) is 8.44. The Morgan fingerprint density at radius 3 is 1.88 bits per heavy atom. The lowest BCUT2D eigenvalue weighted by Gasteiger charge is -2.08. The van der Waals surface area contributed by atoms with Crippen molar-refractivity contribution in [2.45, 2.75) is 13.8 Å². The SMILES string of the molecule is Cc1cc(C)cc(NC(=O)c2cc(-c3ccc(-c4ccccc4)cc3)n(-c3ccccc3)n2)c1. The van der Waals surface area contributed by atoms with Gasteiger partial charge in [0.25, 0.3) is 5.91 Å².